The quantitative estimate of drug-likeness (QED) is 0.529. The van der Waals surface area contributed by atoms with Gasteiger partial charge in [0.25, 0.3) is 0 Å². The lowest BCUT2D eigenvalue weighted by atomic mass is 10.1. The molecule has 2 N–H and O–H groups in total. The van der Waals surface area contributed by atoms with Crippen molar-refractivity contribution < 1.29 is 9.53 Å². The molecule has 0 aliphatic carbocycles. The number of ether oxygens (including phenoxy) is 1. The molecule has 1 fully saturated rings. The van der Waals surface area contributed by atoms with Crippen molar-refractivity contribution in [2.75, 3.05) is 53.4 Å². The van der Waals surface area contributed by atoms with Crippen molar-refractivity contribution in [1.29, 1.82) is 0 Å². The Bertz CT molecular complexity index is 673. The maximum atomic E-state index is 11.9. The van der Waals surface area contributed by atoms with Gasteiger partial charge in [0.15, 0.2) is 5.96 Å². The second kappa shape index (κ2) is 11.1. The molecule has 156 valence electrons. The van der Waals surface area contributed by atoms with Crippen LogP contribution in [-0.4, -0.2) is 81.1 Å². The third-order valence-electron chi connectivity index (χ3n) is 4.64. The summed E-state index contributed by atoms with van der Waals surface area (Å²) in [6.45, 7) is 8.53. The van der Waals surface area contributed by atoms with Gasteiger partial charge in [0.2, 0.25) is 5.91 Å². The largest absolute Gasteiger partial charge is 0.497 e. The van der Waals surface area contributed by atoms with Gasteiger partial charge in [-0.1, -0.05) is 17.7 Å². The Morgan fingerprint density at radius 1 is 1.29 bits per heavy atom. The number of hydrogen-bond donors (Lipinski definition) is 2. The van der Waals surface area contributed by atoms with E-state index in [9.17, 15) is 4.79 Å². The topological polar surface area (TPSA) is 69.2 Å². The molecule has 1 aliphatic heterocycles. The Hall–Kier alpha value is -1.99. The van der Waals surface area contributed by atoms with E-state index >= 15 is 0 Å². The van der Waals surface area contributed by atoms with E-state index in [-0.39, 0.29) is 11.9 Å². The highest BCUT2D eigenvalue weighted by molar-refractivity contribution is 6.31. The lowest BCUT2D eigenvalue weighted by molar-refractivity contribution is -0.123. The number of rotatable bonds is 7. The number of carbonyl (C=O) groups excluding carboxylic acids is 1. The zero-order valence-corrected chi connectivity index (χ0v) is 18.1. The lowest BCUT2D eigenvalue weighted by Gasteiger charge is -2.36. The molecule has 2 rings (SSSR count). The molecule has 0 saturated carbocycles. The van der Waals surface area contributed by atoms with E-state index < -0.39 is 0 Å². The maximum Gasteiger partial charge on any atom is 0.234 e. The molecule has 0 radical (unpaired) electrons. The smallest absolute Gasteiger partial charge is 0.234 e. The minimum Gasteiger partial charge on any atom is -0.497 e. The molecule has 0 bridgehead atoms. The molecule has 7 nitrogen and oxygen atoms in total. The van der Waals surface area contributed by atoms with Crippen LogP contribution in [0.1, 0.15) is 19.4 Å². The molecule has 1 aliphatic rings. The van der Waals surface area contributed by atoms with Gasteiger partial charge in [-0.3, -0.25) is 14.7 Å². The van der Waals surface area contributed by atoms with E-state index in [2.05, 4.69) is 25.4 Å². The number of aliphatic imine (C=N–C) groups is 1. The van der Waals surface area contributed by atoms with Crippen molar-refractivity contribution in [2.45, 2.75) is 26.3 Å². The molecule has 0 spiro atoms. The number of hydrogen-bond acceptors (Lipinski definition) is 4. The Kier molecular flexibility index (Phi) is 8.86. The minimum atomic E-state index is 0.0855. The second-order valence-corrected chi connectivity index (χ2v) is 7.57. The van der Waals surface area contributed by atoms with Gasteiger partial charge in [0.1, 0.15) is 5.75 Å². The fourth-order valence-electron chi connectivity index (χ4n) is 3.19. The fraction of sp³-hybridized carbons (Fsp3) is 0.600. The summed E-state index contributed by atoms with van der Waals surface area (Å²) in [5.41, 5.74) is 1.08. The summed E-state index contributed by atoms with van der Waals surface area (Å²) in [6.07, 6.45) is 0.803. The van der Waals surface area contributed by atoms with Crippen molar-refractivity contribution >= 4 is 23.5 Å². The Morgan fingerprint density at radius 2 is 2.00 bits per heavy atom. The van der Waals surface area contributed by atoms with Crippen molar-refractivity contribution in [3.8, 4) is 5.75 Å². The summed E-state index contributed by atoms with van der Waals surface area (Å²) in [7, 11) is 3.43. The van der Waals surface area contributed by atoms with E-state index in [1.165, 1.54) is 0 Å². The van der Waals surface area contributed by atoms with Gasteiger partial charge in [-0.05, 0) is 38.0 Å². The molecular weight excluding hydrogens is 378 g/mol. The van der Waals surface area contributed by atoms with Gasteiger partial charge in [-0.15, -0.1) is 0 Å². The first-order chi connectivity index (χ1) is 13.4. The molecule has 8 heteroatoms. The number of halogens is 1. The molecule has 1 heterocycles. The van der Waals surface area contributed by atoms with E-state index in [0.717, 1.165) is 56.4 Å². The van der Waals surface area contributed by atoms with Crippen LogP contribution in [0.5, 0.6) is 5.75 Å². The third kappa shape index (κ3) is 6.87. The molecule has 1 amide bonds. The molecule has 1 aromatic carbocycles. The van der Waals surface area contributed by atoms with E-state index in [1.807, 2.05) is 32.0 Å². The van der Waals surface area contributed by atoms with Crippen LogP contribution >= 0.6 is 11.6 Å². The summed E-state index contributed by atoms with van der Waals surface area (Å²) in [5.74, 6) is 1.73. The molecule has 0 aromatic heterocycles. The fourth-order valence-corrected chi connectivity index (χ4v) is 3.45. The molecule has 0 unspecified atom stereocenters. The maximum absolute atomic E-state index is 11.9. The predicted octanol–water partition coefficient (Wildman–Crippen LogP) is 1.61. The van der Waals surface area contributed by atoms with Gasteiger partial charge in [0, 0.05) is 50.8 Å². The van der Waals surface area contributed by atoms with Crippen LogP contribution in [0.2, 0.25) is 5.02 Å². The van der Waals surface area contributed by atoms with Gasteiger partial charge >= 0.3 is 0 Å². The molecular formula is C20H32ClN5O2. The molecule has 1 saturated heterocycles. The number of amides is 1. The first kappa shape index (κ1) is 22.3. The molecule has 28 heavy (non-hydrogen) atoms. The normalized spacial score (nSPS) is 15.6. The van der Waals surface area contributed by atoms with E-state index in [4.69, 9.17) is 16.3 Å². The van der Waals surface area contributed by atoms with Crippen molar-refractivity contribution in [3.05, 3.63) is 28.8 Å². The van der Waals surface area contributed by atoms with Gasteiger partial charge in [0.05, 0.1) is 13.7 Å². The summed E-state index contributed by atoms with van der Waals surface area (Å²) in [4.78, 5) is 20.7. The Morgan fingerprint density at radius 3 is 2.57 bits per heavy atom. The van der Waals surface area contributed by atoms with Crippen LogP contribution in [0.25, 0.3) is 0 Å². The van der Waals surface area contributed by atoms with Crippen LogP contribution < -0.4 is 15.4 Å². The van der Waals surface area contributed by atoms with Gasteiger partial charge < -0.3 is 20.3 Å². The average Bonchev–Trinajstić information content (AvgIpc) is 2.66. The Balaban J connectivity index is 1.76. The summed E-state index contributed by atoms with van der Waals surface area (Å²) < 4.78 is 5.19. The third-order valence-corrected chi connectivity index (χ3v) is 4.99. The lowest BCUT2D eigenvalue weighted by Crippen LogP contribution is -2.54. The first-order valence-electron chi connectivity index (χ1n) is 9.72. The molecule has 1 aromatic rings. The summed E-state index contributed by atoms with van der Waals surface area (Å²) in [5, 5.41) is 7.07. The van der Waals surface area contributed by atoms with Crippen molar-refractivity contribution in [1.82, 2.24) is 20.4 Å². The SMILES string of the molecule is CN=C(NCCc1ccc(OC)cc1Cl)N1CCN(CC(=O)NC(C)C)CC1. The van der Waals surface area contributed by atoms with E-state index in [0.29, 0.717) is 11.6 Å². The highest BCUT2D eigenvalue weighted by atomic mass is 35.5. The predicted molar refractivity (Wildman–Crippen MR) is 114 cm³/mol. The number of piperazine rings is 1. The standard InChI is InChI=1S/C20H32ClN5O2/c1-15(2)24-19(27)14-25-9-11-26(12-10-25)20(22-3)23-8-7-16-5-6-17(28-4)13-18(16)21/h5-6,13,15H,7-12,14H2,1-4H3,(H,22,23)(H,24,27). The number of nitrogens with one attached hydrogen (secondary N) is 2. The van der Waals surface area contributed by atoms with Crippen molar-refractivity contribution in [3.63, 3.8) is 0 Å². The number of benzene rings is 1. The van der Waals surface area contributed by atoms with E-state index in [1.54, 1.807) is 14.2 Å². The number of guanidine groups is 1. The van der Waals surface area contributed by atoms with Crippen LogP contribution in [0.15, 0.2) is 23.2 Å². The first-order valence-corrected chi connectivity index (χ1v) is 10.1. The molecule has 0 atom stereocenters. The van der Waals surface area contributed by atoms with Crippen LogP contribution in [0.4, 0.5) is 0 Å². The number of nitrogens with zero attached hydrogens (tertiary/aromatic N) is 3. The van der Waals surface area contributed by atoms with Crippen LogP contribution in [-0.2, 0) is 11.2 Å². The minimum absolute atomic E-state index is 0.0855. The summed E-state index contributed by atoms with van der Waals surface area (Å²) >= 11 is 6.31. The zero-order chi connectivity index (χ0) is 20.5. The van der Waals surface area contributed by atoms with Crippen LogP contribution in [0.3, 0.4) is 0 Å². The van der Waals surface area contributed by atoms with Gasteiger partial charge in [-0.25, -0.2) is 0 Å². The summed E-state index contributed by atoms with van der Waals surface area (Å²) in [6, 6.07) is 5.92. The highest BCUT2D eigenvalue weighted by Crippen LogP contribution is 2.22. The van der Waals surface area contributed by atoms with Crippen molar-refractivity contribution in [2.24, 2.45) is 4.99 Å². The highest BCUT2D eigenvalue weighted by Gasteiger charge is 2.21. The average molecular weight is 410 g/mol. The van der Waals surface area contributed by atoms with Gasteiger partial charge in [-0.2, -0.15) is 0 Å². The second-order valence-electron chi connectivity index (χ2n) is 7.17. The monoisotopic (exact) mass is 409 g/mol. The zero-order valence-electron chi connectivity index (χ0n) is 17.3. The number of carbonyl (C=O) groups is 1. The van der Waals surface area contributed by atoms with Crippen LogP contribution in [0, 0.1) is 0 Å². The number of methoxy groups -OCH3 is 1. The Labute approximate surface area is 173 Å².